The second kappa shape index (κ2) is 58.0. The maximum atomic E-state index is 13.2. The number of nitrogens with one attached hydrogen (secondary N) is 1. The molecule has 0 saturated heterocycles. The van der Waals surface area contributed by atoms with Crippen LogP contribution in [-0.4, -0.2) is 37.1 Å². The van der Waals surface area contributed by atoms with Crippen molar-refractivity contribution in [2.24, 2.45) is 0 Å². The van der Waals surface area contributed by atoms with Gasteiger partial charge >= 0.3 is 11.9 Å². The molecule has 0 spiro atoms. The van der Waals surface area contributed by atoms with Gasteiger partial charge in [0.25, 0.3) is 0 Å². The van der Waals surface area contributed by atoms with Gasteiger partial charge in [-0.3, -0.25) is 9.59 Å². The van der Waals surface area contributed by atoms with E-state index < -0.39 is 18.0 Å². The highest BCUT2D eigenvalue weighted by Crippen LogP contribution is 2.18. The van der Waals surface area contributed by atoms with E-state index in [1.54, 1.807) is 0 Å². The fourth-order valence-corrected chi connectivity index (χ4v) is 9.81. The highest BCUT2D eigenvalue weighted by atomic mass is 16.5. The first-order valence-electron chi connectivity index (χ1n) is 31.2. The molecule has 0 aromatic heterocycles. The lowest BCUT2D eigenvalue weighted by Crippen LogP contribution is -2.43. The summed E-state index contributed by atoms with van der Waals surface area (Å²) < 4.78 is 11.2. The number of unbranched alkanes of at least 4 members (excludes halogenated alkanes) is 48. The molecule has 0 unspecified atom stereocenters. The third kappa shape index (κ3) is 53.8. The van der Waals surface area contributed by atoms with E-state index in [2.05, 4.69) is 26.1 Å². The lowest BCUT2D eigenvalue weighted by molar-refractivity contribution is -0.154. The van der Waals surface area contributed by atoms with E-state index in [9.17, 15) is 14.4 Å². The topological polar surface area (TPSA) is 81.7 Å². The Bertz CT molecular complexity index is 1020. The molecule has 0 aromatic carbocycles. The van der Waals surface area contributed by atoms with E-state index in [0.29, 0.717) is 19.6 Å². The molecule has 6 heteroatoms. The van der Waals surface area contributed by atoms with E-state index >= 15 is 0 Å². The van der Waals surface area contributed by atoms with Crippen molar-refractivity contribution in [1.29, 1.82) is 0 Å². The van der Waals surface area contributed by atoms with E-state index in [0.717, 1.165) is 51.4 Å². The number of ether oxygens (including phenoxy) is 2. The predicted octanol–water partition coefficient (Wildman–Crippen LogP) is 20.3. The Morgan fingerprint density at radius 2 is 0.515 bits per heavy atom. The van der Waals surface area contributed by atoms with Crippen LogP contribution in [0.5, 0.6) is 0 Å². The molecule has 1 amide bonds. The van der Waals surface area contributed by atoms with Gasteiger partial charge in [-0.25, -0.2) is 4.79 Å². The molecule has 1 N–H and O–H groups in total. The molecule has 0 rings (SSSR count). The minimum absolute atomic E-state index is 0.165. The van der Waals surface area contributed by atoms with E-state index in [-0.39, 0.29) is 12.3 Å². The van der Waals surface area contributed by atoms with Gasteiger partial charge in [0.2, 0.25) is 5.91 Å². The van der Waals surface area contributed by atoms with Crippen molar-refractivity contribution in [1.82, 2.24) is 5.32 Å². The highest BCUT2D eigenvalue weighted by molar-refractivity contribution is 5.88. The highest BCUT2D eigenvalue weighted by Gasteiger charge is 2.26. The third-order valence-electron chi connectivity index (χ3n) is 14.5. The standard InChI is InChI=1S/C62H121NO5/c1-4-7-10-13-16-19-22-24-26-28-30-32-34-36-38-41-44-47-50-53-56-67-61(65)58-59(63-60(64)55-52-49-46-43-40-21-18-15-12-9-6-3)62(66)68-57-54-51-48-45-42-39-37-35-33-31-29-27-25-23-20-17-14-11-8-5-2/h59H,4-58H2,1-3H3,(H,63,64)/t59-/m0/s1. The molecule has 0 fully saturated rings. The minimum atomic E-state index is -0.984. The average molecular weight is 961 g/mol. The monoisotopic (exact) mass is 960 g/mol. The number of hydrogen-bond acceptors (Lipinski definition) is 5. The van der Waals surface area contributed by atoms with Crippen LogP contribution in [0, 0.1) is 0 Å². The molecule has 68 heavy (non-hydrogen) atoms. The summed E-state index contributed by atoms with van der Waals surface area (Å²) >= 11 is 0. The average Bonchev–Trinajstić information content (AvgIpc) is 3.33. The van der Waals surface area contributed by atoms with Gasteiger partial charge in [-0.05, 0) is 19.3 Å². The quantitative estimate of drug-likeness (QED) is 0.0485. The smallest absolute Gasteiger partial charge is 0.329 e. The predicted molar refractivity (Wildman–Crippen MR) is 296 cm³/mol. The fourth-order valence-electron chi connectivity index (χ4n) is 9.81. The van der Waals surface area contributed by atoms with Crippen LogP contribution in [0.4, 0.5) is 0 Å². The maximum absolute atomic E-state index is 13.2. The van der Waals surface area contributed by atoms with Crippen molar-refractivity contribution in [3.63, 3.8) is 0 Å². The van der Waals surface area contributed by atoms with Crippen LogP contribution in [-0.2, 0) is 23.9 Å². The normalized spacial score (nSPS) is 11.9. The van der Waals surface area contributed by atoms with Gasteiger partial charge in [0.1, 0.15) is 6.04 Å². The Morgan fingerprint density at radius 3 is 0.779 bits per heavy atom. The molecule has 0 aliphatic carbocycles. The molecule has 0 aromatic rings. The van der Waals surface area contributed by atoms with Crippen molar-refractivity contribution in [2.75, 3.05) is 13.2 Å². The Hall–Kier alpha value is -1.59. The lowest BCUT2D eigenvalue weighted by atomic mass is 10.0. The first-order chi connectivity index (χ1) is 33.5. The van der Waals surface area contributed by atoms with Gasteiger partial charge in [0, 0.05) is 6.42 Å². The Balaban J connectivity index is 4.20. The zero-order chi connectivity index (χ0) is 49.3. The van der Waals surface area contributed by atoms with Crippen molar-refractivity contribution in [2.45, 2.75) is 367 Å². The van der Waals surface area contributed by atoms with Crippen molar-refractivity contribution < 1.29 is 23.9 Å². The number of carbonyl (C=O) groups is 3. The van der Waals surface area contributed by atoms with Crippen molar-refractivity contribution in [3.8, 4) is 0 Å². The largest absolute Gasteiger partial charge is 0.466 e. The zero-order valence-corrected chi connectivity index (χ0v) is 46.5. The van der Waals surface area contributed by atoms with Crippen molar-refractivity contribution in [3.05, 3.63) is 0 Å². The second-order valence-corrected chi connectivity index (χ2v) is 21.4. The van der Waals surface area contributed by atoms with Crippen LogP contribution >= 0.6 is 0 Å². The van der Waals surface area contributed by atoms with Crippen LogP contribution in [0.2, 0.25) is 0 Å². The van der Waals surface area contributed by atoms with Crippen molar-refractivity contribution >= 4 is 17.8 Å². The number of amides is 1. The Kier molecular flexibility index (Phi) is 56.6. The number of hydrogen-bond donors (Lipinski definition) is 1. The van der Waals surface area contributed by atoms with Crippen LogP contribution in [0.25, 0.3) is 0 Å². The molecule has 1 atom stereocenters. The number of carbonyl (C=O) groups excluding carboxylic acids is 3. The lowest BCUT2D eigenvalue weighted by Gasteiger charge is -2.17. The summed E-state index contributed by atoms with van der Waals surface area (Å²) in [6.07, 6.45) is 66.8. The van der Waals surface area contributed by atoms with Gasteiger partial charge in [-0.15, -0.1) is 0 Å². The van der Waals surface area contributed by atoms with Crippen LogP contribution < -0.4 is 5.32 Å². The van der Waals surface area contributed by atoms with Gasteiger partial charge in [0.15, 0.2) is 0 Å². The second-order valence-electron chi connectivity index (χ2n) is 21.4. The Labute approximate surface area is 425 Å². The fraction of sp³-hybridized carbons (Fsp3) is 0.952. The molecule has 0 aliphatic heterocycles. The van der Waals surface area contributed by atoms with E-state index in [1.165, 1.54) is 276 Å². The number of rotatable bonds is 58. The van der Waals surface area contributed by atoms with Crippen LogP contribution in [0.1, 0.15) is 361 Å². The first-order valence-corrected chi connectivity index (χ1v) is 31.2. The van der Waals surface area contributed by atoms with E-state index in [4.69, 9.17) is 9.47 Å². The minimum Gasteiger partial charge on any atom is -0.466 e. The van der Waals surface area contributed by atoms with Gasteiger partial charge in [-0.2, -0.15) is 0 Å². The Morgan fingerprint density at radius 1 is 0.294 bits per heavy atom. The van der Waals surface area contributed by atoms with Gasteiger partial charge in [-0.1, -0.05) is 329 Å². The maximum Gasteiger partial charge on any atom is 0.329 e. The summed E-state index contributed by atoms with van der Waals surface area (Å²) in [5.74, 6) is -1.12. The summed E-state index contributed by atoms with van der Waals surface area (Å²) in [6.45, 7) is 7.54. The molecule has 0 radical (unpaired) electrons. The molecular formula is C62H121NO5. The summed E-state index contributed by atoms with van der Waals surface area (Å²) in [4.78, 5) is 39.0. The molecule has 404 valence electrons. The SMILES string of the molecule is CCCCCCCCCCCCCCCCCCCCCCOC(=O)C[C@H](NC(=O)CCCCCCCCCCCCC)C(=O)OCCCCCCCCCCCCCCCCCCCCCC. The molecular weight excluding hydrogens is 839 g/mol. The molecule has 0 bridgehead atoms. The summed E-state index contributed by atoms with van der Waals surface area (Å²) in [7, 11) is 0. The molecule has 6 nitrogen and oxygen atoms in total. The number of esters is 2. The summed E-state index contributed by atoms with van der Waals surface area (Å²) in [5.41, 5.74) is 0. The summed E-state index contributed by atoms with van der Waals surface area (Å²) in [5, 5.41) is 2.85. The third-order valence-corrected chi connectivity index (χ3v) is 14.5. The van der Waals surface area contributed by atoms with Gasteiger partial charge < -0.3 is 14.8 Å². The molecule has 0 aliphatic rings. The summed E-state index contributed by atoms with van der Waals surface area (Å²) in [6, 6.07) is -0.984. The first kappa shape index (κ1) is 66.4. The molecule has 0 saturated carbocycles. The van der Waals surface area contributed by atoms with Crippen LogP contribution in [0.15, 0.2) is 0 Å². The zero-order valence-electron chi connectivity index (χ0n) is 46.5. The molecule has 0 heterocycles. The van der Waals surface area contributed by atoms with Crippen LogP contribution in [0.3, 0.4) is 0 Å². The van der Waals surface area contributed by atoms with E-state index in [1.807, 2.05) is 0 Å². The van der Waals surface area contributed by atoms with Gasteiger partial charge in [0.05, 0.1) is 19.6 Å².